The van der Waals surface area contributed by atoms with Gasteiger partial charge in [0.05, 0.1) is 0 Å². The first-order chi connectivity index (χ1) is 11.2. The van der Waals surface area contributed by atoms with Crippen LogP contribution in [0.15, 0.2) is 18.5 Å². The minimum atomic E-state index is 0.324. The van der Waals surface area contributed by atoms with Gasteiger partial charge in [0.2, 0.25) is 5.91 Å². The normalized spacial score (nSPS) is 21.7. The molecule has 0 radical (unpaired) electrons. The number of carbonyl (C=O) groups is 1. The van der Waals surface area contributed by atoms with Crippen molar-refractivity contribution in [1.29, 1.82) is 0 Å². The molecule has 0 N–H and O–H groups in total. The van der Waals surface area contributed by atoms with Crippen molar-refractivity contribution in [1.82, 2.24) is 19.6 Å². The summed E-state index contributed by atoms with van der Waals surface area (Å²) in [6.45, 7) is 7.66. The summed E-state index contributed by atoms with van der Waals surface area (Å²) in [5.74, 6) is 1.09. The maximum Gasteiger partial charge on any atom is 0.222 e. The maximum absolute atomic E-state index is 12.3. The molecule has 2 aliphatic heterocycles. The molecule has 0 spiro atoms. The number of aryl methyl sites for hydroxylation is 1. The fourth-order valence-corrected chi connectivity index (χ4v) is 4.06. The summed E-state index contributed by atoms with van der Waals surface area (Å²) < 4.78 is 1.90. The third kappa shape index (κ3) is 4.34. The van der Waals surface area contributed by atoms with Gasteiger partial charge in [0.1, 0.15) is 0 Å². The van der Waals surface area contributed by atoms with Gasteiger partial charge >= 0.3 is 0 Å². The molecular weight excluding hydrogens is 288 g/mol. The van der Waals surface area contributed by atoms with E-state index in [0.717, 1.165) is 32.0 Å². The SMILES string of the molecule is CC(C1CCN(C(=O)CCCn2cccn2)CC1)N1CCCC1. The van der Waals surface area contributed by atoms with Gasteiger partial charge < -0.3 is 9.80 Å². The van der Waals surface area contributed by atoms with E-state index in [9.17, 15) is 4.79 Å². The molecule has 0 aliphatic carbocycles. The highest BCUT2D eigenvalue weighted by Crippen LogP contribution is 2.26. The standard InChI is InChI=1S/C18H30N4O/c1-16(20-10-2-3-11-20)17-7-14-21(15-8-17)18(23)6-4-12-22-13-5-9-19-22/h5,9,13,16-17H,2-4,6-8,10-12,14-15H2,1H3. The Morgan fingerprint density at radius 1 is 1.22 bits per heavy atom. The molecule has 0 aromatic carbocycles. The van der Waals surface area contributed by atoms with Crippen LogP contribution in [0.4, 0.5) is 0 Å². The van der Waals surface area contributed by atoms with E-state index in [0.29, 0.717) is 18.4 Å². The van der Waals surface area contributed by atoms with Gasteiger partial charge in [-0.15, -0.1) is 0 Å². The number of aromatic nitrogens is 2. The van der Waals surface area contributed by atoms with Crippen molar-refractivity contribution in [2.45, 2.75) is 58.0 Å². The van der Waals surface area contributed by atoms with Crippen molar-refractivity contribution in [3.05, 3.63) is 18.5 Å². The zero-order valence-corrected chi connectivity index (χ0v) is 14.4. The average molecular weight is 318 g/mol. The van der Waals surface area contributed by atoms with E-state index in [1.165, 1.54) is 38.8 Å². The van der Waals surface area contributed by atoms with Crippen LogP contribution in [-0.2, 0) is 11.3 Å². The van der Waals surface area contributed by atoms with E-state index in [1.54, 1.807) is 6.20 Å². The molecule has 0 bridgehead atoms. The molecule has 1 aromatic heterocycles. The van der Waals surface area contributed by atoms with E-state index in [-0.39, 0.29) is 0 Å². The lowest BCUT2D eigenvalue weighted by molar-refractivity contribution is -0.133. The van der Waals surface area contributed by atoms with E-state index in [2.05, 4.69) is 21.8 Å². The predicted molar refractivity (Wildman–Crippen MR) is 91.0 cm³/mol. The van der Waals surface area contributed by atoms with Crippen molar-refractivity contribution in [3.8, 4) is 0 Å². The van der Waals surface area contributed by atoms with Crippen molar-refractivity contribution in [2.75, 3.05) is 26.2 Å². The molecule has 3 rings (SSSR count). The summed E-state index contributed by atoms with van der Waals surface area (Å²) in [6.07, 6.45) is 10.3. The van der Waals surface area contributed by atoms with Crippen molar-refractivity contribution >= 4 is 5.91 Å². The molecule has 23 heavy (non-hydrogen) atoms. The molecule has 1 atom stereocenters. The Bertz CT molecular complexity index is 473. The van der Waals surface area contributed by atoms with Crippen molar-refractivity contribution in [3.63, 3.8) is 0 Å². The van der Waals surface area contributed by atoms with Gasteiger partial charge in [-0.2, -0.15) is 5.10 Å². The summed E-state index contributed by atoms with van der Waals surface area (Å²) in [4.78, 5) is 17.1. The lowest BCUT2D eigenvalue weighted by atomic mass is 9.89. The molecule has 5 heteroatoms. The molecule has 1 amide bonds. The number of hydrogen-bond acceptors (Lipinski definition) is 3. The highest BCUT2D eigenvalue weighted by molar-refractivity contribution is 5.76. The number of likely N-dealkylation sites (tertiary alicyclic amines) is 2. The molecule has 2 saturated heterocycles. The van der Waals surface area contributed by atoms with Crippen LogP contribution in [0.2, 0.25) is 0 Å². The van der Waals surface area contributed by atoms with Crippen LogP contribution in [0.5, 0.6) is 0 Å². The molecule has 2 aliphatic rings. The Hall–Kier alpha value is -1.36. The molecule has 3 heterocycles. The van der Waals surface area contributed by atoms with Crippen molar-refractivity contribution < 1.29 is 4.79 Å². The van der Waals surface area contributed by atoms with Gasteiger partial charge in [-0.1, -0.05) is 0 Å². The van der Waals surface area contributed by atoms with Crippen LogP contribution in [0.25, 0.3) is 0 Å². The Morgan fingerprint density at radius 3 is 2.61 bits per heavy atom. The maximum atomic E-state index is 12.3. The van der Waals surface area contributed by atoms with Gasteiger partial charge in [-0.05, 0) is 64.1 Å². The van der Waals surface area contributed by atoms with Crippen LogP contribution in [-0.4, -0.2) is 57.7 Å². The Labute approximate surface area is 139 Å². The smallest absolute Gasteiger partial charge is 0.222 e. The second-order valence-corrected chi connectivity index (χ2v) is 7.07. The first-order valence-electron chi connectivity index (χ1n) is 9.23. The van der Waals surface area contributed by atoms with Crippen LogP contribution >= 0.6 is 0 Å². The Morgan fingerprint density at radius 2 is 1.96 bits per heavy atom. The third-order valence-corrected chi connectivity index (χ3v) is 5.63. The summed E-state index contributed by atoms with van der Waals surface area (Å²) in [6, 6.07) is 2.61. The highest BCUT2D eigenvalue weighted by Gasteiger charge is 2.30. The van der Waals surface area contributed by atoms with Gasteiger partial charge in [-0.25, -0.2) is 0 Å². The minimum Gasteiger partial charge on any atom is -0.343 e. The summed E-state index contributed by atoms with van der Waals surface area (Å²) in [7, 11) is 0. The number of carbonyl (C=O) groups excluding carboxylic acids is 1. The highest BCUT2D eigenvalue weighted by atomic mass is 16.2. The second kappa shape index (κ2) is 7.95. The molecule has 0 saturated carbocycles. The Balaban J connectivity index is 1.37. The molecule has 128 valence electrons. The van der Waals surface area contributed by atoms with Crippen LogP contribution in [0.1, 0.15) is 45.4 Å². The van der Waals surface area contributed by atoms with Crippen LogP contribution < -0.4 is 0 Å². The topological polar surface area (TPSA) is 41.4 Å². The minimum absolute atomic E-state index is 0.324. The summed E-state index contributed by atoms with van der Waals surface area (Å²) >= 11 is 0. The number of hydrogen-bond donors (Lipinski definition) is 0. The fourth-order valence-electron chi connectivity index (χ4n) is 4.06. The zero-order chi connectivity index (χ0) is 16.1. The lowest BCUT2D eigenvalue weighted by Crippen LogP contribution is -2.45. The summed E-state index contributed by atoms with van der Waals surface area (Å²) in [5.41, 5.74) is 0. The quantitative estimate of drug-likeness (QED) is 0.809. The summed E-state index contributed by atoms with van der Waals surface area (Å²) in [5, 5.41) is 4.18. The number of piperidine rings is 1. The molecule has 2 fully saturated rings. The number of nitrogens with zero attached hydrogens (tertiary/aromatic N) is 4. The first kappa shape index (κ1) is 16.5. The number of amides is 1. The molecule has 1 unspecified atom stereocenters. The Kier molecular flexibility index (Phi) is 5.70. The van der Waals surface area contributed by atoms with Crippen LogP contribution in [0.3, 0.4) is 0 Å². The van der Waals surface area contributed by atoms with Gasteiger partial charge in [0.25, 0.3) is 0 Å². The van der Waals surface area contributed by atoms with E-state index < -0.39 is 0 Å². The largest absolute Gasteiger partial charge is 0.343 e. The average Bonchev–Trinajstić information content (AvgIpc) is 3.28. The van der Waals surface area contributed by atoms with E-state index in [1.807, 2.05) is 16.9 Å². The fraction of sp³-hybridized carbons (Fsp3) is 0.778. The molecule has 1 aromatic rings. The predicted octanol–water partition coefficient (Wildman–Crippen LogP) is 2.39. The van der Waals surface area contributed by atoms with Crippen LogP contribution in [0, 0.1) is 5.92 Å². The third-order valence-electron chi connectivity index (χ3n) is 5.63. The first-order valence-corrected chi connectivity index (χ1v) is 9.23. The molecular formula is C18H30N4O. The lowest BCUT2D eigenvalue weighted by Gasteiger charge is -2.38. The van der Waals surface area contributed by atoms with Gasteiger partial charge in [-0.3, -0.25) is 9.48 Å². The van der Waals surface area contributed by atoms with Gasteiger partial charge in [0, 0.05) is 44.5 Å². The monoisotopic (exact) mass is 318 g/mol. The van der Waals surface area contributed by atoms with E-state index in [4.69, 9.17) is 0 Å². The van der Waals surface area contributed by atoms with E-state index >= 15 is 0 Å². The molecule has 5 nitrogen and oxygen atoms in total. The van der Waals surface area contributed by atoms with Crippen molar-refractivity contribution in [2.24, 2.45) is 5.92 Å². The second-order valence-electron chi connectivity index (χ2n) is 7.07. The number of rotatable bonds is 6. The zero-order valence-electron chi connectivity index (χ0n) is 14.4. The van der Waals surface area contributed by atoms with Gasteiger partial charge in [0.15, 0.2) is 0 Å².